The first-order chi connectivity index (χ1) is 16.6. The number of nitrogens with zero attached hydrogens (tertiary/aromatic N) is 1. The van der Waals surface area contributed by atoms with Crippen molar-refractivity contribution in [1.29, 1.82) is 0 Å². The van der Waals surface area contributed by atoms with Crippen LogP contribution >= 0.6 is 0 Å². The van der Waals surface area contributed by atoms with Crippen LogP contribution < -0.4 is 5.32 Å². The average Bonchev–Trinajstić information content (AvgIpc) is 3.36. The number of carbonyl (C=O) groups is 3. The third kappa shape index (κ3) is 4.31. The lowest BCUT2D eigenvalue weighted by atomic mass is 9.83. The summed E-state index contributed by atoms with van der Waals surface area (Å²) in [6.07, 6.45) is 1.60. The van der Waals surface area contributed by atoms with Crippen molar-refractivity contribution >= 4 is 23.2 Å². The summed E-state index contributed by atoms with van der Waals surface area (Å²) in [6.45, 7) is 1.08. The van der Waals surface area contributed by atoms with Gasteiger partial charge in [0.25, 0.3) is 0 Å². The fourth-order valence-electron chi connectivity index (χ4n) is 4.27. The highest BCUT2D eigenvalue weighted by atomic mass is 16.3. The number of amides is 1. The third-order valence-corrected chi connectivity index (χ3v) is 5.80. The summed E-state index contributed by atoms with van der Waals surface area (Å²) in [7, 11) is 0. The molecule has 1 aliphatic carbocycles. The highest BCUT2D eigenvalue weighted by Crippen LogP contribution is 2.32. The van der Waals surface area contributed by atoms with E-state index < -0.39 is 0 Å². The molecular weight excluding hydrogens is 428 g/mol. The second-order valence-electron chi connectivity index (χ2n) is 8.19. The van der Waals surface area contributed by atoms with Gasteiger partial charge in [-0.25, -0.2) is 0 Å². The van der Waals surface area contributed by atoms with Gasteiger partial charge >= 0.3 is 0 Å². The van der Waals surface area contributed by atoms with E-state index in [-0.39, 0.29) is 29.6 Å². The van der Waals surface area contributed by atoms with E-state index in [0.29, 0.717) is 35.5 Å². The van der Waals surface area contributed by atoms with Crippen molar-refractivity contribution in [2.45, 2.75) is 13.1 Å². The molecule has 1 aromatic heterocycles. The van der Waals surface area contributed by atoms with Crippen LogP contribution in [-0.4, -0.2) is 28.9 Å². The Hall–Kier alpha value is -4.29. The van der Waals surface area contributed by atoms with E-state index >= 15 is 0 Å². The summed E-state index contributed by atoms with van der Waals surface area (Å²) in [5.41, 5.74) is 2.68. The van der Waals surface area contributed by atoms with E-state index in [1.807, 2.05) is 47.4 Å². The van der Waals surface area contributed by atoms with Gasteiger partial charge in [0.05, 0.1) is 30.6 Å². The standard InChI is InChI=1S/C28H22N2O4/c31-25(18-30(17-20-10-7-15-34-20)16-19-8-2-1-3-9-19)29-24-14-6-13-23-26(24)28(33)22-12-5-4-11-21(22)27(23)32/h1-15H,16-18H2,(H,29,31). The van der Waals surface area contributed by atoms with E-state index in [0.717, 1.165) is 11.3 Å². The third-order valence-electron chi connectivity index (χ3n) is 5.80. The molecule has 0 aliphatic heterocycles. The van der Waals surface area contributed by atoms with Crippen LogP contribution in [0.15, 0.2) is 95.6 Å². The van der Waals surface area contributed by atoms with Gasteiger partial charge in [0, 0.05) is 23.2 Å². The van der Waals surface area contributed by atoms with Gasteiger partial charge in [-0.3, -0.25) is 19.3 Å². The lowest BCUT2D eigenvalue weighted by Crippen LogP contribution is -2.33. The van der Waals surface area contributed by atoms with Gasteiger partial charge in [0.1, 0.15) is 5.76 Å². The first-order valence-electron chi connectivity index (χ1n) is 11.0. The van der Waals surface area contributed by atoms with Crippen LogP contribution in [0.3, 0.4) is 0 Å². The summed E-state index contributed by atoms with van der Waals surface area (Å²) in [5.74, 6) is -0.0177. The van der Waals surface area contributed by atoms with E-state index in [2.05, 4.69) is 5.32 Å². The maximum Gasteiger partial charge on any atom is 0.238 e. The Bertz CT molecular complexity index is 1360. The molecule has 0 unspecified atom stereocenters. The van der Waals surface area contributed by atoms with Gasteiger partial charge < -0.3 is 9.73 Å². The predicted molar refractivity (Wildman–Crippen MR) is 128 cm³/mol. The Morgan fingerprint density at radius 2 is 1.44 bits per heavy atom. The number of carbonyl (C=O) groups excluding carboxylic acids is 3. The van der Waals surface area contributed by atoms with Crippen LogP contribution in [0.5, 0.6) is 0 Å². The van der Waals surface area contributed by atoms with Crippen molar-refractivity contribution in [3.63, 3.8) is 0 Å². The normalized spacial score (nSPS) is 12.4. The van der Waals surface area contributed by atoms with Crippen molar-refractivity contribution < 1.29 is 18.8 Å². The van der Waals surface area contributed by atoms with Crippen LogP contribution in [-0.2, 0) is 17.9 Å². The quantitative estimate of drug-likeness (QED) is 0.389. The minimum absolute atomic E-state index is 0.0813. The first-order valence-corrected chi connectivity index (χ1v) is 11.0. The van der Waals surface area contributed by atoms with Crippen LogP contribution in [0.2, 0.25) is 0 Å². The Morgan fingerprint density at radius 1 is 0.735 bits per heavy atom. The number of fused-ring (bicyclic) bond motifs is 2. The molecule has 0 saturated carbocycles. The van der Waals surface area contributed by atoms with Gasteiger partial charge in [-0.2, -0.15) is 0 Å². The van der Waals surface area contributed by atoms with Gasteiger partial charge in [0.15, 0.2) is 11.6 Å². The highest BCUT2D eigenvalue weighted by molar-refractivity contribution is 6.30. The summed E-state index contributed by atoms with van der Waals surface area (Å²) >= 11 is 0. The lowest BCUT2D eigenvalue weighted by Gasteiger charge is -2.23. The molecule has 0 atom stereocenters. The Balaban J connectivity index is 1.38. The molecule has 1 N–H and O–H groups in total. The number of ketones is 2. The van der Waals surface area contributed by atoms with Crippen molar-refractivity contribution in [2.75, 3.05) is 11.9 Å². The Morgan fingerprint density at radius 3 is 2.18 bits per heavy atom. The van der Waals surface area contributed by atoms with E-state index in [4.69, 9.17) is 4.42 Å². The number of benzene rings is 3. The van der Waals surface area contributed by atoms with Crippen molar-refractivity contribution in [3.8, 4) is 0 Å². The van der Waals surface area contributed by atoms with Crippen LogP contribution in [0.1, 0.15) is 43.2 Å². The van der Waals surface area contributed by atoms with Gasteiger partial charge in [-0.05, 0) is 23.8 Å². The molecule has 6 heteroatoms. The predicted octanol–water partition coefficient (Wildman–Crippen LogP) is 4.70. The van der Waals surface area contributed by atoms with Gasteiger partial charge in [-0.15, -0.1) is 0 Å². The smallest absolute Gasteiger partial charge is 0.238 e. The van der Waals surface area contributed by atoms with Crippen molar-refractivity contribution in [3.05, 3.63) is 125 Å². The maximum atomic E-state index is 13.2. The van der Waals surface area contributed by atoms with Crippen LogP contribution in [0, 0.1) is 0 Å². The zero-order valence-corrected chi connectivity index (χ0v) is 18.4. The highest BCUT2D eigenvalue weighted by Gasteiger charge is 2.31. The number of hydrogen-bond acceptors (Lipinski definition) is 5. The molecule has 0 saturated heterocycles. The second-order valence-corrected chi connectivity index (χ2v) is 8.19. The molecule has 4 aromatic rings. The maximum absolute atomic E-state index is 13.2. The van der Waals surface area contributed by atoms with Crippen molar-refractivity contribution in [2.24, 2.45) is 0 Å². The lowest BCUT2D eigenvalue weighted by molar-refractivity contribution is -0.117. The molecule has 0 bridgehead atoms. The van der Waals surface area contributed by atoms with E-state index in [1.165, 1.54) is 0 Å². The number of nitrogens with one attached hydrogen (secondary N) is 1. The summed E-state index contributed by atoms with van der Waals surface area (Å²) in [4.78, 5) is 41.2. The molecule has 0 radical (unpaired) electrons. The Kier molecular flexibility index (Phi) is 5.89. The minimum atomic E-state index is -0.282. The molecular formula is C28H22N2O4. The molecule has 168 valence electrons. The average molecular weight is 450 g/mol. The summed E-state index contributed by atoms with van der Waals surface area (Å²) < 4.78 is 5.48. The van der Waals surface area contributed by atoms with E-state index in [9.17, 15) is 14.4 Å². The molecule has 5 rings (SSSR count). The monoisotopic (exact) mass is 450 g/mol. The topological polar surface area (TPSA) is 79.6 Å². The second kappa shape index (κ2) is 9.29. The zero-order valence-electron chi connectivity index (χ0n) is 18.4. The SMILES string of the molecule is O=C(CN(Cc1ccccc1)Cc1ccco1)Nc1cccc2c1C(=O)c1ccccc1C2=O. The zero-order chi connectivity index (χ0) is 23.5. The fraction of sp³-hybridized carbons (Fsp3) is 0.107. The molecule has 34 heavy (non-hydrogen) atoms. The molecule has 3 aromatic carbocycles. The summed E-state index contributed by atoms with van der Waals surface area (Å²) in [5, 5.41) is 2.86. The molecule has 6 nitrogen and oxygen atoms in total. The molecule has 0 fully saturated rings. The minimum Gasteiger partial charge on any atom is -0.468 e. The number of furan rings is 1. The first kappa shape index (κ1) is 21.6. The molecule has 0 spiro atoms. The fourth-order valence-corrected chi connectivity index (χ4v) is 4.27. The van der Waals surface area contributed by atoms with Crippen LogP contribution in [0.4, 0.5) is 5.69 Å². The van der Waals surface area contributed by atoms with Gasteiger partial charge in [-0.1, -0.05) is 66.7 Å². The Labute approximate surface area is 196 Å². The largest absolute Gasteiger partial charge is 0.468 e. The summed E-state index contributed by atoms with van der Waals surface area (Å²) in [6, 6.07) is 25.3. The van der Waals surface area contributed by atoms with Crippen LogP contribution in [0.25, 0.3) is 0 Å². The number of rotatable bonds is 7. The molecule has 1 aliphatic rings. The van der Waals surface area contributed by atoms with Gasteiger partial charge in [0.2, 0.25) is 5.91 Å². The molecule has 1 heterocycles. The number of anilines is 1. The van der Waals surface area contributed by atoms with Crippen molar-refractivity contribution in [1.82, 2.24) is 4.90 Å². The number of hydrogen-bond donors (Lipinski definition) is 1. The molecule has 1 amide bonds. The van der Waals surface area contributed by atoms with E-state index in [1.54, 1.807) is 48.7 Å².